The van der Waals surface area contributed by atoms with E-state index >= 15 is 0 Å². The van der Waals surface area contributed by atoms with Crippen molar-refractivity contribution >= 4 is 27.7 Å². The Bertz CT molecular complexity index is 586. The number of Topliss-reactive ketones (excluding diaryl/α,β-unsaturated/α-hetero) is 1. The first-order chi connectivity index (χ1) is 12.5. The number of esters is 1. The zero-order chi connectivity index (χ0) is 19.4. The Morgan fingerprint density at radius 3 is 2.42 bits per heavy atom. The predicted molar refractivity (Wildman–Crippen MR) is 106 cm³/mol. The van der Waals surface area contributed by atoms with Gasteiger partial charge < -0.3 is 14.2 Å². The van der Waals surface area contributed by atoms with E-state index in [9.17, 15) is 9.59 Å². The summed E-state index contributed by atoms with van der Waals surface area (Å²) in [5, 5.41) is 0.843. The molecule has 0 aliphatic carbocycles. The van der Waals surface area contributed by atoms with Crippen molar-refractivity contribution < 1.29 is 23.8 Å². The highest BCUT2D eigenvalue weighted by atomic mass is 79.9. The fourth-order valence-corrected chi connectivity index (χ4v) is 2.76. The molecular weight excluding hydrogens is 400 g/mol. The molecule has 0 fully saturated rings. The molecule has 0 bridgehead atoms. The number of alkyl halides is 1. The van der Waals surface area contributed by atoms with Crippen LogP contribution in [0.5, 0.6) is 11.5 Å². The predicted octanol–water partition coefficient (Wildman–Crippen LogP) is 4.73. The van der Waals surface area contributed by atoms with Crippen LogP contribution in [0.1, 0.15) is 62.4 Å². The molecule has 0 saturated heterocycles. The Labute approximate surface area is 164 Å². The molecule has 0 atom stereocenters. The zero-order valence-electron chi connectivity index (χ0n) is 15.9. The largest absolute Gasteiger partial charge is 0.493 e. The lowest BCUT2D eigenvalue weighted by atomic mass is 10.0. The van der Waals surface area contributed by atoms with Gasteiger partial charge in [0.05, 0.1) is 25.4 Å². The summed E-state index contributed by atoms with van der Waals surface area (Å²) in [6.45, 7) is 6.75. The van der Waals surface area contributed by atoms with Gasteiger partial charge in [0.2, 0.25) is 0 Å². The van der Waals surface area contributed by atoms with Gasteiger partial charge in [0, 0.05) is 17.3 Å². The minimum absolute atomic E-state index is 0.0231. The van der Waals surface area contributed by atoms with E-state index in [-0.39, 0.29) is 11.8 Å². The molecule has 0 N–H and O–H groups in total. The van der Waals surface area contributed by atoms with E-state index in [0.717, 1.165) is 35.9 Å². The molecule has 0 unspecified atom stereocenters. The monoisotopic (exact) mass is 428 g/mol. The van der Waals surface area contributed by atoms with Crippen molar-refractivity contribution in [1.29, 1.82) is 0 Å². The van der Waals surface area contributed by atoms with Gasteiger partial charge in [-0.3, -0.25) is 9.59 Å². The number of carbonyl (C=O) groups excluding carboxylic acids is 2. The SMILES string of the molecule is CCCc1c(OCCCC(=O)OCC)ccc(C(C)=O)c1OCCCBr. The molecule has 0 radical (unpaired) electrons. The van der Waals surface area contributed by atoms with Crippen molar-refractivity contribution in [3.8, 4) is 11.5 Å². The maximum atomic E-state index is 12.0. The van der Waals surface area contributed by atoms with Crippen molar-refractivity contribution in [2.45, 2.75) is 52.9 Å². The Kier molecular flexibility index (Phi) is 11.0. The lowest BCUT2D eigenvalue weighted by Gasteiger charge is -2.18. The third kappa shape index (κ3) is 7.36. The van der Waals surface area contributed by atoms with Gasteiger partial charge in [0.15, 0.2) is 5.78 Å². The Morgan fingerprint density at radius 1 is 1.08 bits per heavy atom. The maximum absolute atomic E-state index is 12.0. The van der Waals surface area contributed by atoms with Crippen LogP contribution < -0.4 is 9.47 Å². The summed E-state index contributed by atoms with van der Waals surface area (Å²) in [7, 11) is 0. The van der Waals surface area contributed by atoms with Gasteiger partial charge in [0.1, 0.15) is 11.5 Å². The van der Waals surface area contributed by atoms with Crippen LogP contribution in [-0.2, 0) is 16.0 Å². The second-order valence-corrected chi connectivity index (χ2v) is 6.67. The molecule has 0 aliphatic rings. The fraction of sp³-hybridized carbons (Fsp3) is 0.600. The molecule has 0 spiro atoms. The molecule has 1 aromatic rings. The second kappa shape index (κ2) is 12.7. The normalized spacial score (nSPS) is 10.5. The average molecular weight is 429 g/mol. The van der Waals surface area contributed by atoms with E-state index in [0.29, 0.717) is 44.0 Å². The Morgan fingerprint density at radius 2 is 1.81 bits per heavy atom. The summed E-state index contributed by atoms with van der Waals surface area (Å²) in [6.07, 6.45) is 3.44. The van der Waals surface area contributed by atoms with Crippen LogP contribution >= 0.6 is 15.9 Å². The summed E-state index contributed by atoms with van der Waals surface area (Å²) in [4.78, 5) is 23.4. The van der Waals surface area contributed by atoms with Crippen LogP contribution in [0.15, 0.2) is 12.1 Å². The number of carbonyl (C=O) groups is 2. The van der Waals surface area contributed by atoms with Crippen LogP contribution in [0.4, 0.5) is 0 Å². The van der Waals surface area contributed by atoms with E-state index in [1.54, 1.807) is 19.9 Å². The number of benzene rings is 1. The van der Waals surface area contributed by atoms with Crippen LogP contribution in [0.3, 0.4) is 0 Å². The van der Waals surface area contributed by atoms with Gasteiger partial charge in [-0.2, -0.15) is 0 Å². The first-order valence-corrected chi connectivity index (χ1v) is 10.3. The number of ketones is 1. The quantitative estimate of drug-likeness (QED) is 0.196. The molecule has 1 aromatic carbocycles. The van der Waals surface area contributed by atoms with Gasteiger partial charge in [-0.25, -0.2) is 0 Å². The van der Waals surface area contributed by atoms with Crippen molar-refractivity contribution in [2.75, 3.05) is 25.2 Å². The summed E-state index contributed by atoms with van der Waals surface area (Å²) in [5.41, 5.74) is 1.51. The van der Waals surface area contributed by atoms with Crippen molar-refractivity contribution in [1.82, 2.24) is 0 Å². The molecule has 1 rings (SSSR count). The number of hydrogen-bond donors (Lipinski definition) is 0. The molecule has 0 amide bonds. The van der Waals surface area contributed by atoms with Gasteiger partial charge >= 0.3 is 5.97 Å². The molecule has 146 valence electrons. The van der Waals surface area contributed by atoms with E-state index < -0.39 is 0 Å². The molecule has 0 saturated carbocycles. The minimum atomic E-state index is -0.212. The van der Waals surface area contributed by atoms with Crippen molar-refractivity contribution in [3.05, 3.63) is 23.3 Å². The van der Waals surface area contributed by atoms with Crippen LogP contribution in [0.25, 0.3) is 0 Å². The highest BCUT2D eigenvalue weighted by molar-refractivity contribution is 9.09. The van der Waals surface area contributed by atoms with Gasteiger partial charge in [-0.15, -0.1) is 0 Å². The number of halogens is 1. The number of rotatable bonds is 13. The summed E-state index contributed by atoms with van der Waals surface area (Å²) < 4.78 is 16.7. The Balaban J connectivity index is 2.90. The molecule has 0 heterocycles. The highest BCUT2D eigenvalue weighted by Crippen LogP contribution is 2.34. The minimum Gasteiger partial charge on any atom is -0.493 e. The third-order valence-electron chi connectivity index (χ3n) is 3.71. The van der Waals surface area contributed by atoms with Crippen LogP contribution in [-0.4, -0.2) is 36.9 Å². The first kappa shape index (κ1) is 22.5. The lowest BCUT2D eigenvalue weighted by molar-refractivity contribution is -0.143. The molecule has 0 aliphatic heterocycles. The zero-order valence-corrected chi connectivity index (χ0v) is 17.5. The molecular formula is C20H29BrO5. The topological polar surface area (TPSA) is 61.8 Å². The molecule has 6 heteroatoms. The summed E-state index contributed by atoms with van der Waals surface area (Å²) in [5.74, 6) is 1.11. The molecule has 0 aromatic heterocycles. The third-order valence-corrected chi connectivity index (χ3v) is 4.27. The van der Waals surface area contributed by atoms with E-state index in [1.807, 2.05) is 6.07 Å². The average Bonchev–Trinajstić information content (AvgIpc) is 2.61. The van der Waals surface area contributed by atoms with Crippen LogP contribution in [0.2, 0.25) is 0 Å². The first-order valence-electron chi connectivity index (χ1n) is 9.19. The van der Waals surface area contributed by atoms with E-state index in [2.05, 4.69) is 22.9 Å². The van der Waals surface area contributed by atoms with E-state index in [1.165, 1.54) is 0 Å². The fourth-order valence-electron chi connectivity index (χ4n) is 2.53. The summed E-state index contributed by atoms with van der Waals surface area (Å²) in [6, 6.07) is 3.58. The number of ether oxygens (including phenoxy) is 3. The molecule has 26 heavy (non-hydrogen) atoms. The van der Waals surface area contributed by atoms with Crippen molar-refractivity contribution in [2.24, 2.45) is 0 Å². The molecule has 5 nitrogen and oxygen atoms in total. The highest BCUT2D eigenvalue weighted by Gasteiger charge is 2.18. The standard InChI is InChI=1S/C20H29BrO5/c1-4-8-17-18(25-13-6-9-19(23)24-5-2)11-10-16(15(3)22)20(17)26-14-7-12-21/h10-11H,4-9,12-14H2,1-3H3. The van der Waals surface area contributed by atoms with Gasteiger partial charge in [-0.05, 0) is 45.2 Å². The van der Waals surface area contributed by atoms with Crippen molar-refractivity contribution in [3.63, 3.8) is 0 Å². The van der Waals surface area contributed by atoms with Gasteiger partial charge in [0.25, 0.3) is 0 Å². The summed E-state index contributed by atoms with van der Waals surface area (Å²) >= 11 is 3.39. The Hall–Kier alpha value is -1.56. The second-order valence-electron chi connectivity index (χ2n) is 5.87. The van der Waals surface area contributed by atoms with Gasteiger partial charge in [-0.1, -0.05) is 29.3 Å². The smallest absolute Gasteiger partial charge is 0.305 e. The number of hydrogen-bond acceptors (Lipinski definition) is 5. The van der Waals surface area contributed by atoms with E-state index in [4.69, 9.17) is 14.2 Å². The van der Waals surface area contributed by atoms with Crippen LogP contribution in [0, 0.1) is 0 Å². The lowest BCUT2D eigenvalue weighted by Crippen LogP contribution is -2.10. The maximum Gasteiger partial charge on any atom is 0.305 e.